The van der Waals surface area contributed by atoms with Crippen LogP contribution in [0.5, 0.6) is 0 Å². The number of carboxylic acid groups (broad SMARTS) is 1. The predicted molar refractivity (Wildman–Crippen MR) is 59.7 cm³/mol. The fourth-order valence-electron chi connectivity index (χ4n) is 2.29. The smallest absolute Gasteiger partial charge is 0.336 e. The van der Waals surface area contributed by atoms with Gasteiger partial charge in [0.15, 0.2) is 5.78 Å². The Morgan fingerprint density at radius 2 is 1.62 bits per heavy atom. The van der Waals surface area contributed by atoms with Gasteiger partial charge >= 0.3 is 5.97 Å². The normalized spacial score (nSPS) is 16.2. The number of hydrogen-bond donors (Lipinski definition) is 1. The van der Waals surface area contributed by atoms with Gasteiger partial charge in [0, 0.05) is 11.5 Å². The van der Waals surface area contributed by atoms with Crippen molar-refractivity contribution in [3.05, 3.63) is 35.4 Å². The highest BCUT2D eigenvalue weighted by atomic mass is 16.4. The number of Topliss-reactive ketones (excluding diaryl/α,β-unsaturated/α-hetero) is 1. The molecule has 2 rings (SSSR count). The third kappa shape index (κ3) is 1.98. The number of benzene rings is 1. The highest BCUT2D eigenvalue weighted by Gasteiger charge is 2.26. The molecule has 0 aromatic heterocycles. The molecule has 0 heterocycles. The van der Waals surface area contributed by atoms with Crippen molar-refractivity contribution in [1.82, 2.24) is 0 Å². The van der Waals surface area contributed by atoms with Gasteiger partial charge in [-0.25, -0.2) is 4.79 Å². The molecule has 0 radical (unpaired) electrons. The Hall–Kier alpha value is -1.64. The third-order valence-electron chi connectivity index (χ3n) is 3.15. The fraction of sp³-hybridized carbons (Fsp3) is 0.385. The molecular formula is C13H14O3. The van der Waals surface area contributed by atoms with Crippen molar-refractivity contribution < 1.29 is 14.7 Å². The van der Waals surface area contributed by atoms with Crippen molar-refractivity contribution in [2.75, 3.05) is 0 Å². The van der Waals surface area contributed by atoms with E-state index >= 15 is 0 Å². The molecule has 1 aromatic carbocycles. The number of aromatic carboxylic acids is 1. The van der Waals surface area contributed by atoms with E-state index in [1.54, 1.807) is 18.2 Å². The largest absolute Gasteiger partial charge is 0.478 e. The van der Waals surface area contributed by atoms with Gasteiger partial charge in [0.25, 0.3) is 0 Å². The van der Waals surface area contributed by atoms with Crippen LogP contribution in [0.25, 0.3) is 0 Å². The summed E-state index contributed by atoms with van der Waals surface area (Å²) in [5.74, 6) is -1.00. The minimum atomic E-state index is -1.03. The first kappa shape index (κ1) is 10.9. The van der Waals surface area contributed by atoms with E-state index in [0.717, 1.165) is 25.7 Å². The van der Waals surface area contributed by atoms with E-state index in [0.29, 0.717) is 5.56 Å². The standard InChI is InChI=1S/C13H14O3/c14-12(9-5-1-2-6-9)10-7-3-4-8-11(10)13(15)16/h3-4,7-9H,1-2,5-6H2,(H,15,16). The summed E-state index contributed by atoms with van der Waals surface area (Å²) in [6.45, 7) is 0. The minimum Gasteiger partial charge on any atom is -0.478 e. The Morgan fingerprint density at radius 3 is 2.19 bits per heavy atom. The van der Waals surface area contributed by atoms with Crippen LogP contribution in [0, 0.1) is 5.92 Å². The summed E-state index contributed by atoms with van der Waals surface area (Å²) in [4.78, 5) is 23.1. The van der Waals surface area contributed by atoms with Gasteiger partial charge in [0.1, 0.15) is 0 Å². The summed E-state index contributed by atoms with van der Waals surface area (Å²) in [6.07, 6.45) is 3.94. The molecule has 1 aromatic rings. The molecule has 16 heavy (non-hydrogen) atoms. The van der Waals surface area contributed by atoms with Gasteiger partial charge in [-0.2, -0.15) is 0 Å². The lowest BCUT2D eigenvalue weighted by molar-refractivity contribution is 0.0690. The molecule has 0 unspecified atom stereocenters. The average Bonchev–Trinajstić information content (AvgIpc) is 2.81. The number of carbonyl (C=O) groups excluding carboxylic acids is 1. The SMILES string of the molecule is O=C(O)c1ccccc1C(=O)C1CCCC1. The van der Waals surface area contributed by atoms with Crippen LogP contribution < -0.4 is 0 Å². The molecule has 3 heteroatoms. The van der Waals surface area contributed by atoms with E-state index in [1.165, 1.54) is 6.07 Å². The second kappa shape index (κ2) is 4.47. The van der Waals surface area contributed by atoms with Crippen LogP contribution in [-0.2, 0) is 0 Å². The molecular weight excluding hydrogens is 204 g/mol. The lowest BCUT2D eigenvalue weighted by atomic mass is 9.93. The van der Waals surface area contributed by atoms with Gasteiger partial charge in [-0.05, 0) is 18.9 Å². The van der Waals surface area contributed by atoms with E-state index in [-0.39, 0.29) is 17.3 Å². The van der Waals surface area contributed by atoms with Gasteiger partial charge in [-0.3, -0.25) is 4.79 Å². The van der Waals surface area contributed by atoms with Crippen molar-refractivity contribution in [2.24, 2.45) is 5.92 Å². The van der Waals surface area contributed by atoms with Gasteiger partial charge in [-0.15, -0.1) is 0 Å². The quantitative estimate of drug-likeness (QED) is 0.793. The molecule has 0 spiro atoms. The first-order valence-corrected chi connectivity index (χ1v) is 5.56. The van der Waals surface area contributed by atoms with E-state index < -0.39 is 5.97 Å². The molecule has 0 saturated heterocycles. The third-order valence-corrected chi connectivity index (χ3v) is 3.15. The summed E-state index contributed by atoms with van der Waals surface area (Å²) in [5.41, 5.74) is 0.487. The first-order valence-electron chi connectivity index (χ1n) is 5.56. The molecule has 84 valence electrons. The zero-order chi connectivity index (χ0) is 11.5. The molecule has 0 amide bonds. The topological polar surface area (TPSA) is 54.4 Å². The van der Waals surface area contributed by atoms with Crippen molar-refractivity contribution in [2.45, 2.75) is 25.7 Å². The molecule has 1 aliphatic rings. The fourth-order valence-corrected chi connectivity index (χ4v) is 2.29. The van der Waals surface area contributed by atoms with Gasteiger partial charge in [0.2, 0.25) is 0 Å². The molecule has 1 aliphatic carbocycles. The average molecular weight is 218 g/mol. The monoisotopic (exact) mass is 218 g/mol. The summed E-state index contributed by atoms with van der Waals surface area (Å²) in [5, 5.41) is 9.01. The molecule has 0 bridgehead atoms. The van der Waals surface area contributed by atoms with Crippen LogP contribution in [-0.4, -0.2) is 16.9 Å². The van der Waals surface area contributed by atoms with E-state index in [1.807, 2.05) is 0 Å². The molecule has 0 aliphatic heterocycles. The van der Waals surface area contributed by atoms with E-state index in [4.69, 9.17) is 5.11 Å². The van der Waals surface area contributed by atoms with Crippen molar-refractivity contribution in [3.63, 3.8) is 0 Å². The zero-order valence-electron chi connectivity index (χ0n) is 8.98. The summed E-state index contributed by atoms with van der Waals surface area (Å²) < 4.78 is 0. The van der Waals surface area contributed by atoms with E-state index in [2.05, 4.69) is 0 Å². The maximum atomic E-state index is 12.1. The van der Waals surface area contributed by atoms with Crippen LogP contribution in [0.4, 0.5) is 0 Å². The molecule has 1 N–H and O–H groups in total. The second-order valence-corrected chi connectivity index (χ2v) is 4.20. The highest BCUT2D eigenvalue weighted by molar-refractivity contribution is 6.06. The van der Waals surface area contributed by atoms with Crippen LogP contribution in [0.2, 0.25) is 0 Å². The first-order chi connectivity index (χ1) is 7.70. The van der Waals surface area contributed by atoms with Gasteiger partial charge in [-0.1, -0.05) is 31.0 Å². The number of ketones is 1. The Morgan fingerprint density at radius 1 is 1.06 bits per heavy atom. The number of carboxylic acids is 1. The van der Waals surface area contributed by atoms with Crippen LogP contribution in [0.15, 0.2) is 24.3 Å². The Kier molecular flexibility index (Phi) is 3.04. The van der Waals surface area contributed by atoms with Crippen molar-refractivity contribution >= 4 is 11.8 Å². The molecule has 3 nitrogen and oxygen atoms in total. The number of carbonyl (C=O) groups is 2. The lowest BCUT2D eigenvalue weighted by Crippen LogP contribution is -2.15. The summed E-state index contributed by atoms with van der Waals surface area (Å²) in [6, 6.07) is 6.47. The highest BCUT2D eigenvalue weighted by Crippen LogP contribution is 2.28. The maximum Gasteiger partial charge on any atom is 0.336 e. The Labute approximate surface area is 94.1 Å². The molecule has 1 fully saturated rings. The molecule has 0 atom stereocenters. The predicted octanol–water partition coefficient (Wildman–Crippen LogP) is 2.76. The lowest BCUT2D eigenvalue weighted by Gasteiger charge is -2.09. The van der Waals surface area contributed by atoms with E-state index in [9.17, 15) is 9.59 Å². The van der Waals surface area contributed by atoms with Crippen LogP contribution >= 0.6 is 0 Å². The van der Waals surface area contributed by atoms with Crippen LogP contribution in [0.3, 0.4) is 0 Å². The van der Waals surface area contributed by atoms with Crippen molar-refractivity contribution in [1.29, 1.82) is 0 Å². The number of hydrogen-bond acceptors (Lipinski definition) is 2. The zero-order valence-corrected chi connectivity index (χ0v) is 8.98. The summed E-state index contributed by atoms with van der Waals surface area (Å²) in [7, 11) is 0. The van der Waals surface area contributed by atoms with Crippen LogP contribution in [0.1, 0.15) is 46.4 Å². The molecule has 1 saturated carbocycles. The minimum absolute atomic E-state index is 0.00417. The Balaban J connectivity index is 2.32. The number of rotatable bonds is 3. The van der Waals surface area contributed by atoms with Crippen molar-refractivity contribution in [3.8, 4) is 0 Å². The Bertz CT molecular complexity index is 417. The van der Waals surface area contributed by atoms with Gasteiger partial charge < -0.3 is 5.11 Å². The summed E-state index contributed by atoms with van der Waals surface area (Å²) >= 11 is 0. The second-order valence-electron chi connectivity index (χ2n) is 4.20. The van der Waals surface area contributed by atoms with Gasteiger partial charge in [0.05, 0.1) is 5.56 Å². The maximum absolute atomic E-state index is 12.1.